The monoisotopic (exact) mass is 332 g/mol. The molecule has 1 heterocycles. The highest BCUT2D eigenvalue weighted by molar-refractivity contribution is 14.1. The Kier molecular flexibility index (Phi) is 3.55. The van der Waals surface area contributed by atoms with Crippen LogP contribution in [0.3, 0.4) is 0 Å². The predicted molar refractivity (Wildman–Crippen MR) is 67.4 cm³/mol. The van der Waals surface area contributed by atoms with E-state index in [1.807, 2.05) is 0 Å². The highest BCUT2D eigenvalue weighted by atomic mass is 127. The summed E-state index contributed by atoms with van der Waals surface area (Å²) in [7, 11) is 0. The van der Waals surface area contributed by atoms with Crippen molar-refractivity contribution in [3.05, 3.63) is 39.8 Å². The minimum absolute atomic E-state index is 0.0337. The van der Waals surface area contributed by atoms with Crippen LogP contribution in [0.2, 0.25) is 0 Å². The van der Waals surface area contributed by atoms with Gasteiger partial charge in [0.2, 0.25) is 0 Å². The number of hydrogen-bond donors (Lipinski definition) is 1. The van der Waals surface area contributed by atoms with Gasteiger partial charge >= 0.3 is 0 Å². The van der Waals surface area contributed by atoms with Crippen molar-refractivity contribution < 1.29 is 9.50 Å². The molecule has 0 fully saturated rings. The van der Waals surface area contributed by atoms with Crippen LogP contribution >= 0.6 is 22.6 Å². The molecule has 1 N–H and O–H groups in total. The molecular weight excluding hydrogens is 322 g/mol. The number of halogens is 2. The first-order chi connectivity index (χ1) is 7.72. The van der Waals surface area contributed by atoms with Crippen LogP contribution in [-0.2, 0) is 6.54 Å². The van der Waals surface area contributed by atoms with Crippen LogP contribution in [0.5, 0.6) is 0 Å². The molecule has 0 aliphatic heterocycles. The van der Waals surface area contributed by atoms with Gasteiger partial charge in [-0.1, -0.05) is 0 Å². The Bertz CT molecular complexity index is 481. The second kappa shape index (κ2) is 4.92. The topological polar surface area (TPSA) is 38.0 Å². The fourth-order valence-corrected chi connectivity index (χ4v) is 2.24. The largest absolute Gasteiger partial charge is 0.394 e. The zero-order valence-corrected chi connectivity index (χ0v) is 10.6. The molecule has 0 saturated carbocycles. The number of nitrogens with zero attached hydrogens (tertiary/aromatic N) is 2. The van der Waals surface area contributed by atoms with E-state index >= 15 is 0 Å². The SMILES string of the molecule is OCCn1ncc(I)c1-c1ccc(F)cc1. The molecule has 1 aromatic heterocycles. The lowest BCUT2D eigenvalue weighted by Gasteiger charge is -2.06. The van der Waals surface area contributed by atoms with Crippen molar-refractivity contribution in [3.8, 4) is 11.3 Å². The molecule has 2 rings (SSSR count). The minimum Gasteiger partial charge on any atom is -0.394 e. The Morgan fingerprint density at radius 2 is 2.00 bits per heavy atom. The number of aromatic nitrogens is 2. The van der Waals surface area contributed by atoms with Gasteiger partial charge in [0.25, 0.3) is 0 Å². The molecular formula is C11H10FIN2O. The maximum atomic E-state index is 12.8. The Morgan fingerprint density at radius 3 is 2.62 bits per heavy atom. The van der Waals surface area contributed by atoms with Gasteiger partial charge in [-0.3, -0.25) is 4.68 Å². The highest BCUT2D eigenvalue weighted by Gasteiger charge is 2.10. The molecule has 16 heavy (non-hydrogen) atoms. The summed E-state index contributed by atoms with van der Waals surface area (Å²) in [5.74, 6) is -0.257. The molecule has 2 aromatic rings. The molecule has 0 saturated heterocycles. The zero-order chi connectivity index (χ0) is 11.5. The molecule has 0 spiro atoms. The van der Waals surface area contributed by atoms with Gasteiger partial charge in [-0.2, -0.15) is 5.10 Å². The normalized spacial score (nSPS) is 10.7. The summed E-state index contributed by atoms with van der Waals surface area (Å²) in [6.07, 6.45) is 1.73. The van der Waals surface area contributed by atoms with E-state index in [9.17, 15) is 4.39 Å². The molecule has 0 atom stereocenters. The summed E-state index contributed by atoms with van der Waals surface area (Å²) in [5.41, 5.74) is 1.81. The molecule has 0 aliphatic carbocycles. The van der Waals surface area contributed by atoms with E-state index in [0.29, 0.717) is 6.54 Å². The van der Waals surface area contributed by atoms with Crippen LogP contribution in [0.25, 0.3) is 11.3 Å². The molecule has 0 amide bonds. The highest BCUT2D eigenvalue weighted by Crippen LogP contribution is 2.25. The third-order valence-electron chi connectivity index (χ3n) is 2.22. The fraction of sp³-hybridized carbons (Fsp3) is 0.182. The van der Waals surface area contributed by atoms with Crippen LogP contribution < -0.4 is 0 Å². The summed E-state index contributed by atoms with van der Waals surface area (Å²) >= 11 is 2.17. The van der Waals surface area contributed by atoms with Crippen molar-refractivity contribution in [2.45, 2.75) is 6.54 Å². The Morgan fingerprint density at radius 1 is 1.31 bits per heavy atom. The van der Waals surface area contributed by atoms with Crippen LogP contribution in [0.15, 0.2) is 30.5 Å². The standard InChI is InChI=1S/C11H10FIN2O/c12-9-3-1-8(2-4-9)11-10(13)7-14-15(11)5-6-16/h1-4,7,16H,5-6H2. The van der Waals surface area contributed by atoms with Crippen LogP contribution in [0.4, 0.5) is 4.39 Å². The Labute approximate surface area is 106 Å². The van der Waals surface area contributed by atoms with Gasteiger partial charge in [-0.15, -0.1) is 0 Å². The molecule has 0 unspecified atom stereocenters. The van der Waals surface area contributed by atoms with Gasteiger partial charge in [0.05, 0.1) is 28.6 Å². The average Bonchev–Trinajstić information content (AvgIpc) is 2.62. The van der Waals surface area contributed by atoms with Crippen molar-refractivity contribution in [2.75, 3.05) is 6.61 Å². The van der Waals surface area contributed by atoms with Crippen LogP contribution in [0.1, 0.15) is 0 Å². The van der Waals surface area contributed by atoms with E-state index < -0.39 is 0 Å². The first-order valence-electron chi connectivity index (χ1n) is 4.80. The van der Waals surface area contributed by atoms with Crippen molar-refractivity contribution in [3.63, 3.8) is 0 Å². The number of hydrogen-bond acceptors (Lipinski definition) is 2. The Balaban J connectivity index is 2.45. The van der Waals surface area contributed by atoms with Crippen LogP contribution in [0, 0.1) is 9.39 Å². The minimum atomic E-state index is -0.257. The summed E-state index contributed by atoms with van der Waals surface area (Å²) < 4.78 is 15.5. The Hall–Kier alpha value is -0.950. The smallest absolute Gasteiger partial charge is 0.123 e. The maximum Gasteiger partial charge on any atom is 0.123 e. The first-order valence-corrected chi connectivity index (χ1v) is 5.88. The summed E-state index contributed by atoms with van der Waals surface area (Å²) in [4.78, 5) is 0. The average molecular weight is 332 g/mol. The maximum absolute atomic E-state index is 12.8. The fourth-order valence-electron chi connectivity index (χ4n) is 1.52. The van der Waals surface area contributed by atoms with Crippen molar-refractivity contribution in [1.29, 1.82) is 0 Å². The van der Waals surface area contributed by atoms with E-state index in [4.69, 9.17) is 5.11 Å². The summed E-state index contributed by atoms with van der Waals surface area (Å²) in [6, 6.07) is 6.26. The van der Waals surface area contributed by atoms with Gasteiger partial charge < -0.3 is 5.11 Å². The van der Waals surface area contributed by atoms with Gasteiger partial charge in [-0.05, 0) is 46.9 Å². The number of rotatable bonds is 3. The second-order valence-corrected chi connectivity index (χ2v) is 4.46. The van der Waals surface area contributed by atoms with Crippen molar-refractivity contribution in [2.24, 2.45) is 0 Å². The third kappa shape index (κ3) is 2.25. The molecule has 0 aliphatic rings. The lowest BCUT2D eigenvalue weighted by molar-refractivity contribution is 0.270. The predicted octanol–water partition coefficient (Wildman–Crippen LogP) is 2.29. The van der Waals surface area contributed by atoms with E-state index in [0.717, 1.165) is 14.8 Å². The number of aliphatic hydroxyl groups excluding tert-OH is 1. The van der Waals surface area contributed by atoms with E-state index in [-0.39, 0.29) is 12.4 Å². The third-order valence-corrected chi connectivity index (χ3v) is 3.01. The van der Waals surface area contributed by atoms with E-state index in [1.165, 1.54) is 12.1 Å². The molecule has 3 nitrogen and oxygen atoms in total. The van der Waals surface area contributed by atoms with Gasteiger partial charge in [-0.25, -0.2) is 4.39 Å². The number of benzene rings is 1. The number of aliphatic hydroxyl groups is 1. The second-order valence-electron chi connectivity index (χ2n) is 3.29. The van der Waals surface area contributed by atoms with E-state index in [2.05, 4.69) is 27.7 Å². The van der Waals surface area contributed by atoms with Crippen molar-refractivity contribution in [1.82, 2.24) is 9.78 Å². The molecule has 0 bridgehead atoms. The quantitative estimate of drug-likeness (QED) is 0.876. The van der Waals surface area contributed by atoms with Crippen LogP contribution in [-0.4, -0.2) is 21.5 Å². The van der Waals surface area contributed by atoms with E-state index in [1.54, 1.807) is 23.0 Å². The zero-order valence-electron chi connectivity index (χ0n) is 8.40. The summed E-state index contributed by atoms with van der Waals surface area (Å²) in [6.45, 7) is 0.474. The molecule has 84 valence electrons. The van der Waals surface area contributed by atoms with Gasteiger partial charge in [0.1, 0.15) is 5.82 Å². The molecule has 1 aromatic carbocycles. The summed E-state index contributed by atoms with van der Waals surface area (Å²) in [5, 5.41) is 13.1. The first kappa shape index (κ1) is 11.5. The molecule has 5 heteroatoms. The van der Waals surface area contributed by atoms with Crippen molar-refractivity contribution >= 4 is 22.6 Å². The molecule has 0 radical (unpaired) electrons. The lowest BCUT2D eigenvalue weighted by atomic mass is 10.1. The van der Waals surface area contributed by atoms with Gasteiger partial charge in [0.15, 0.2) is 0 Å². The van der Waals surface area contributed by atoms with Gasteiger partial charge in [0, 0.05) is 5.56 Å². The lowest BCUT2D eigenvalue weighted by Crippen LogP contribution is -2.05.